The first-order valence-corrected chi connectivity index (χ1v) is 10.3. The van der Waals surface area contributed by atoms with Crippen molar-refractivity contribution in [3.8, 4) is 0 Å². The Balaban J connectivity index is 1.44. The number of carbonyl (C=O) groups is 3. The molecule has 2 fully saturated rings. The zero-order valence-corrected chi connectivity index (χ0v) is 17.2. The minimum absolute atomic E-state index is 0.0129. The summed E-state index contributed by atoms with van der Waals surface area (Å²) in [5.74, 6) is -0.104. The highest BCUT2D eigenvalue weighted by Gasteiger charge is 2.38. The zero-order valence-electron chi connectivity index (χ0n) is 16.5. The summed E-state index contributed by atoms with van der Waals surface area (Å²) in [6.45, 7) is 5.72. The summed E-state index contributed by atoms with van der Waals surface area (Å²) >= 11 is 5.87. The van der Waals surface area contributed by atoms with Gasteiger partial charge in [0.15, 0.2) is 0 Å². The van der Waals surface area contributed by atoms with Crippen LogP contribution in [0.3, 0.4) is 0 Å². The smallest absolute Gasteiger partial charge is 0.227 e. The summed E-state index contributed by atoms with van der Waals surface area (Å²) in [5, 5.41) is 3.72. The summed E-state index contributed by atoms with van der Waals surface area (Å²) in [6.07, 6.45) is 2.12. The Labute approximate surface area is 171 Å². The van der Waals surface area contributed by atoms with Crippen LogP contribution < -0.4 is 5.32 Å². The van der Waals surface area contributed by atoms with E-state index in [9.17, 15) is 14.4 Å². The lowest BCUT2D eigenvalue weighted by molar-refractivity contribution is -0.137. The number of halogens is 1. The molecule has 2 aliphatic heterocycles. The van der Waals surface area contributed by atoms with Gasteiger partial charge < -0.3 is 15.1 Å². The number of carbonyl (C=O) groups excluding carboxylic acids is 3. The Morgan fingerprint density at radius 2 is 1.82 bits per heavy atom. The van der Waals surface area contributed by atoms with Gasteiger partial charge >= 0.3 is 0 Å². The average molecular weight is 406 g/mol. The molecule has 7 heteroatoms. The van der Waals surface area contributed by atoms with E-state index in [1.807, 2.05) is 30.9 Å². The van der Waals surface area contributed by atoms with Crippen molar-refractivity contribution >= 4 is 29.3 Å². The van der Waals surface area contributed by atoms with E-state index in [2.05, 4.69) is 5.32 Å². The van der Waals surface area contributed by atoms with Gasteiger partial charge in [-0.05, 0) is 44.4 Å². The zero-order chi connectivity index (χ0) is 20.3. The number of hydrogen-bond acceptors (Lipinski definition) is 3. The predicted molar refractivity (Wildman–Crippen MR) is 108 cm³/mol. The molecule has 6 nitrogen and oxygen atoms in total. The van der Waals surface area contributed by atoms with Crippen molar-refractivity contribution < 1.29 is 14.4 Å². The molecule has 0 saturated carbocycles. The molecule has 2 aliphatic rings. The predicted octanol–water partition coefficient (Wildman–Crippen LogP) is 2.25. The summed E-state index contributed by atoms with van der Waals surface area (Å²) < 4.78 is 0. The van der Waals surface area contributed by atoms with Crippen LogP contribution in [0.25, 0.3) is 0 Å². The fourth-order valence-electron chi connectivity index (χ4n) is 3.96. The van der Waals surface area contributed by atoms with Gasteiger partial charge in [-0.15, -0.1) is 0 Å². The number of piperidine rings is 1. The molecule has 1 atom stereocenters. The number of hydrogen-bond donors (Lipinski definition) is 1. The van der Waals surface area contributed by atoms with Gasteiger partial charge in [0.2, 0.25) is 17.7 Å². The first kappa shape index (κ1) is 20.6. The van der Waals surface area contributed by atoms with Crippen molar-refractivity contribution in [2.75, 3.05) is 19.6 Å². The Morgan fingerprint density at radius 1 is 1.18 bits per heavy atom. The van der Waals surface area contributed by atoms with Crippen molar-refractivity contribution in [2.45, 2.75) is 51.6 Å². The molecule has 0 aromatic heterocycles. The van der Waals surface area contributed by atoms with Crippen LogP contribution >= 0.6 is 11.6 Å². The fourth-order valence-corrected chi connectivity index (χ4v) is 4.09. The van der Waals surface area contributed by atoms with Gasteiger partial charge in [-0.25, -0.2) is 0 Å². The minimum Gasteiger partial charge on any atom is -0.353 e. The molecule has 3 amide bonds. The van der Waals surface area contributed by atoms with E-state index in [0.29, 0.717) is 37.5 Å². The van der Waals surface area contributed by atoms with Gasteiger partial charge in [0.05, 0.1) is 12.3 Å². The normalized spacial score (nSPS) is 20.7. The van der Waals surface area contributed by atoms with Crippen LogP contribution in [-0.4, -0.2) is 59.2 Å². The SMILES string of the molecule is CC(C)N1CC(C(=O)N2CCC(NC(=O)Cc3ccc(Cl)cc3)CC2)CC1=O. The van der Waals surface area contributed by atoms with Crippen LogP contribution in [0.4, 0.5) is 0 Å². The Bertz CT molecular complexity index is 727. The van der Waals surface area contributed by atoms with Crippen molar-refractivity contribution in [3.05, 3.63) is 34.9 Å². The molecule has 0 aliphatic carbocycles. The lowest BCUT2D eigenvalue weighted by atomic mass is 10.0. The molecule has 1 aromatic carbocycles. The molecule has 2 saturated heterocycles. The highest BCUT2D eigenvalue weighted by molar-refractivity contribution is 6.30. The maximum Gasteiger partial charge on any atom is 0.227 e. The molecule has 3 rings (SSSR count). The monoisotopic (exact) mass is 405 g/mol. The van der Waals surface area contributed by atoms with E-state index in [-0.39, 0.29) is 35.7 Å². The standard InChI is InChI=1S/C21H28ClN3O3/c1-14(2)25-13-16(12-20(25)27)21(28)24-9-7-18(8-10-24)23-19(26)11-15-3-5-17(22)6-4-15/h3-6,14,16,18H,7-13H2,1-2H3,(H,23,26). The van der Waals surface area contributed by atoms with Crippen molar-refractivity contribution in [1.29, 1.82) is 0 Å². The first-order chi connectivity index (χ1) is 13.3. The van der Waals surface area contributed by atoms with E-state index in [4.69, 9.17) is 11.6 Å². The third kappa shape index (κ3) is 5.04. The molecule has 0 bridgehead atoms. The van der Waals surface area contributed by atoms with Crippen molar-refractivity contribution in [3.63, 3.8) is 0 Å². The number of benzene rings is 1. The van der Waals surface area contributed by atoms with E-state index >= 15 is 0 Å². The summed E-state index contributed by atoms with van der Waals surface area (Å²) in [6, 6.07) is 7.48. The topological polar surface area (TPSA) is 69.7 Å². The fraction of sp³-hybridized carbons (Fsp3) is 0.571. The number of amides is 3. The van der Waals surface area contributed by atoms with E-state index in [1.165, 1.54) is 0 Å². The van der Waals surface area contributed by atoms with Gasteiger partial charge in [-0.2, -0.15) is 0 Å². The second-order valence-electron chi connectivity index (χ2n) is 8.01. The largest absolute Gasteiger partial charge is 0.353 e. The van der Waals surface area contributed by atoms with Crippen LogP contribution in [0, 0.1) is 5.92 Å². The third-order valence-electron chi connectivity index (χ3n) is 5.58. The van der Waals surface area contributed by atoms with Crippen LogP contribution in [0.1, 0.15) is 38.7 Å². The van der Waals surface area contributed by atoms with Gasteiger partial charge in [-0.1, -0.05) is 23.7 Å². The van der Waals surface area contributed by atoms with Gasteiger partial charge in [0.1, 0.15) is 0 Å². The molecular formula is C21H28ClN3O3. The quantitative estimate of drug-likeness (QED) is 0.816. The molecule has 152 valence electrons. The summed E-state index contributed by atoms with van der Waals surface area (Å²) in [4.78, 5) is 40.7. The number of nitrogens with one attached hydrogen (secondary N) is 1. The summed E-state index contributed by atoms with van der Waals surface area (Å²) in [7, 11) is 0. The van der Waals surface area contributed by atoms with E-state index < -0.39 is 0 Å². The van der Waals surface area contributed by atoms with Crippen LogP contribution in [-0.2, 0) is 20.8 Å². The summed E-state index contributed by atoms with van der Waals surface area (Å²) in [5.41, 5.74) is 0.926. The lowest BCUT2D eigenvalue weighted by Crippen LogP contribution is -2.48. The second-order valence-corrected chi connectivity index (χ2v) is 8.45. The molecule has 0 spiro atoms. The molecule has 1 N–H and O–H groups in total. The van der Waals surface area contributed by atoms with E-state index in [0.717, 1.165) is 18.4 Å². The van der Waals surface area contributed by atoms with Crippen LogP contribution in [0.2, 0.25) is 5.02 Å². The maximum atomic E-state index is 12.8. The lowest BCUT2D eigenvalue weighted by Gasteiger charge is -2.34. The first-order valence-electron chi connectivity index (χ1n) is 9.95. The third-order valence-corrected chi connectivity index (χ3v) is 5.83. The number of rotatable bonds is 5. The highest BCUT2D eigenvalue weighted by atomic mass is 35.5. The Hall–Kier alpha value is -2.08. The van der Waals surface area contributed by atoms with Crippen LogP contribution in [0.5, 0.6) is 0 Å². The number of nitrogens with zero attached hydrogens (tertiary/aromatic N) is 2. The van der Waals surface area contributed by atoms with Crippen molar-refractivity contribution in [2.24, 2.45) is 5.92 Å². The second kappa shape index (κ2) is 8.95. The Kier molecular flexibility index (Phi) is 6.60. The number of likely N-dealkylation sites (tertiary alicyclic amines) is 2. The van der Waals surface area contributed by atoms with Crippen LogP contribution in [0.15, 0.2) is 24.3 Å². The van der Waals surface area contributed by atoms with Gasteiger partial charge in [0, 0.05) is 43.2 Å². The van der Waals surface area contributed by atoms with Gasteiger partial charge in [0.25, 0.3) is 0 Å². The molecular weight excluding hydrogens is 378 g/mol. The molecule has 2 heterocycles. The minimum atomic E-state index is -0.231. The molecule has 28 heavy (non-hydrogen) atoms. The van der Waals surface area contributed by atoms with Gasteiger partial charge in [-0.3, -0.25) is 14.4 Å². The van der Waals surface area contributed by atoms with E-state index in [1.54, 1.807) is 17.0 Å². The molecule has 1 unspecified atom stereocenters. The van der Waals surface area contributed by atoms with Crippen molar-refractivity contribution in [1.82, 2.24) is 15.1 Å². The molecule has 1 aromatic rings. The average Bonchev–Trinajstić information content (AvgIpc) is 3.06. The maximum absolute atomic E-state index is 12.8. The molecule has 0 radical (unpaired) electrons. The Morgan fingerprint density at radius 3 is 2.39 bits per heavy atom. The highest BCUT2D eigenvalue weighted by Crippen LogP contribution is 2.24.